The van der Waals surface area contributed by atoms with E-state index >= 15 is 0 Å². The molecule has 3 aliphatic heterocycles. The van der Waals surface area contributed by atoms with Gasteiger partial charge in [0.15, 0.2) is 0 Å². The predicted molar refractivity (Wildman–Crippen MR) is 101 cm³/mol. The Morgan fingerprint density at radius 1 is 1.19 bits per heavy atom. The number of ether oxygens (including phenoxy) is 1. The molecule has 0 aliphatic carbocycles. The first-order chi connectivity index (χ1) is 12.9. The Bertz CT molecular complexity index is 572. The van der Waals surface area contributed by atoms with Crippen molar-refractivity contribution in [3.63, 3.8) is 0 Å². The Morgan fingerprint density at radius 2 is 1.93 bits per heavy atom. The fourth-order valence-corrected chi connectivity index (χ4v) is 4.47. The highest BCUT2D eigenvalue weighted by atomic mass is 16.6. The second kappa shape index (κ2) is 8.48. The zero-order valence-electron chi connectivity index (χ0n) is 16.7. The van der Waals surface area contributed by atoms with Crippen LogP contribution in [-0.2, 0) is 14.3 Å². The van der Waals surface area contributed by atoms with Crippen molar-refractivity contribution < 1.29 is 19.1 Å². The average Bonchev–Trinajstić information content (AvgIpc) is 2.97. The van der Waals surface area contributed by atoms with Crippen LogP contribution in [0, 0.1) is 0 Å². The fourth-order valence-electron chi connectivity index (χ4n) is 4.47. The monoisotopic (exact) mass is 379 g/mol. The lowest BCUT2D eigenvalue weighted by atomic mass is 9.90. The van der Waals surface area contributed by atoms with Crippen molar-refractivity contribution in [2.45, 2.75) is 76.9 Å². The highest BCUT2D eigenvalue weighted by molar-refractivity contribution is 5.79. The number of carbonyl (C=O) groups is 3. The van der Waals surface area contributed by atoms with Gasteiger partial charge in [-0.2, -0.15) is 0 Å². The maximum absolute atomic E-state index is 12.5. The van der Waals surface area contributed by atoms with Crippen LogP contribution in [0.4, 0.5) is 4.79 Å². The Balaban J connectivity index is 1.46. The predicted octanol–water partition coefficient (Wildman–Crippen LogP) is 2.39. The van der Waals surface area contributed by atoms with Gasteiger partial charge in [-0.05, 0) is 26.2 Å². The van der Waals surface area contributed by atoms with Crippen LogP contribution in [0.1, 0.15) is 65.2 Å². The van der Waals surface area contributed by atoms with Crippen LogP contribution in [0.25, 0.3) is 0 Å². The minimum absolute atomic E-state index is 0.101. The van der Waals surface area contributed by atoms with Crippen molar-refractivity contribution in [3.05, 3.63) is 0 Å². The fraction of sp³-hybridized carbons (Fsp3) is 0.850. The smallest absolute Gasteiger partial charge is 0.410 e. The van der Waals surface area contributed by atoms with E-state index in [2.05, 4.69) is 13.8 Å². The summed E-state index contributed by atoms with van der Waals surface area (Å²) in [7, 11) is 0. The van der Waals surface area contributed by atoms with E-state index in [0.29, 0.717) is 51.9 Å². The topological polar surface area (TPSA) is 70.2 Å². The van der Waals surface area contributed by atoms with Gasteiger partial charge in [0.25, 0.3) is 0 Å². The molecule has 3 fully saturated rings. The lowest BCUT2D eigenvalue weighted by Gasteiger charge is -2.38. The second-order valence-electron chi connectivity index (χ2n) is 8.29. The van der Waals surface area contributed by atoms with Crippen LogP contribution in [-0.4, -0.2) is 77.0 Å². The number of rotatable bonds is 6. The van der Waals surface area contributed by atoms with Crippen molar-refractivity contribution in [1.29, 1.82) is 0 Å². The number of hydrogen-bond donors (Lipinski definition) is 0. The Morgan fingerprint density at radius 3 is 2.59 bits per heavy atom. The number of piperidine rings is 2. The molecule has 1 atom stereocenters. The minimum Gasteiger partial charge on any atom is -0.441 e. The van der Waals surface area contributed by atoms with Crippen molar-refractivity contribution in [3.8, 4) is 0 Å². The third kappa shape index (κ3) is 4.55. The van der Waals surface area contributed by atoms with Crippen molar-refractivity contribution in [1.82, 2.24) is 14.7 Å². The lowest BCUT2D eigenvalue weighted by molar-refractivity contribution is -0.137. The third-order valence-corrected chi connectivity index (χ3v) is 6.28. The number of nitrogens with zero attached hydrogens (tertiary/aromatic N) is 3. The number of carbonyl (C=O) groups excluding carboxylic acids is 3. The molecule has 0 unspecified atom stereocenters. The van der Waals surface area contributed by atoms with Crippen LogP contribution in [0.3, 0.4) is 0 Å². The summed E-state index contributed by atoms with van der Waals surface area (Å²) in [5, 5.41) is 0. The van der Waals surface area contributed by atoms with Gasteiger partial charge in [0, 0.05) is 57.9 Å². The van der Waals surface area contributed by atoms with Crippen LogP contribution in [0.15, 0.2) is 0 Å². The van der Waals surface area contributed by atoms with Gasteiger partial charge in [-0.25, -0.2) is 4.79 Å². The van der Waals surface area contributed by atoms with Gasteiger partial charge in [0.1, 0.15) is 5.60 Å². The summed E-state index contributed by atoms with van der Waals surface area (Å²) in [6, 6.07) is 0.198. The van der Waals surface area contributed by atoms with E-state index in [1.54, 1.807) is 0 Å². The maximum Gasteiger partial charge on any atom is 0.410 e. The highest BCUT2D eigenvalue weighted by Crippen LogP contribution is 2.34. The Hall–Kier alpha value is -1.79. The lowest BCUT2D eigenvalue weighted by Crippen LogP contribution is -2.49. The van der Waals surface area contributed by atoms with Crippen LogP contribution in [0.2, 0.25) is 0 Å². The van der Waals surface area contributed by atoms with Gasteiger partial charge >= 0.3 is 6.09 Å². The van der Waals surface area contributed by atoms with Crippen LogP contribution in [0.5, 0.6) is 0 Å². The van der Waals surface area contributed by atoms with E-state index in [-0.39, 0.29) is 23.9 Å². The third-order valence-electron chi connectivity index (χ3n) is 6.28. The molecule has 3 heterocycles. The average molecular weight is 380 g/mol. The number of amides is 3. The summed E-state index contributed by atoms with van der Waals surface area (Å²) in [6.45, 7) is 7.37. The van der Waals surface area contributed by atoms with Gasteiger partial charge in [-0.3, -0.25) is 9.59 Å². The maximum atomic E-state index is 12.5. The zero-order valence-corrected chi connectivity index (χ0v) is 16.7. The highest BCUT2D eigenvalue weighted by Gasteiger charge is 2.48. The van der Waals surface area contributed by atoms with E-state index in [1.165, 1.54) is 0 Å². The molecule has 3 amide bonds. The van der Waals surface area contributed by atoms with Gasteiger partial charge in [-0.15, -0.1) is 0 Å². The molecule has 3 rings (SSSR count). The molecule has 0 radical (unpaired) electrons. The summed E-state index contributed by atoms with van der Waals surface area (Å²) in [4.78, 5) is 42.2. The van der Waals surface area contributed by atoms with Gasteiger partial charge < -0.3 is 19.4 Å². The molecule has 7 heteroatoms. The molecule has 3 aliphatic rings. The molecule has 7 nitrogen and oxygen atoms in total. The van der Waals surface area contributed by atoms with Gasteiger partial charge in [0.05, 0.1) is 6.54 Å². The zero-order chi connectivity index (χ0) is 19.4. The molecule has 3 saturated heterocycles. The molecular weight excluding hydrogens is 346 g/mol. The number of likely N-dealkylation sites (tertiary alicyclic amines) is 2. The largest absolute Gasteiger partial charge is 0.441 e. The molecule has 0 aromatic rings. The van der Waals surface area contributed by atoms with E-state index in [4.69, 9.17) is 4.74 Å². The Kier molecular flexibility index (Phi) is 6.27. The standard InChI is InChI=1S/C20H33N3O4/c1-3-6-16(2)23-15-20(27-19(23)26)9-13-22(14-10-20)18(25)8-12-21-11-5-4-7-17(21)24/h16H,3-15H2,1-2H3/t16-/m1/s1. The molecule has 0 aromatic heterocycles. The first-order valence-electron chi connectivity index (χ1n) is 10.5. The second-order valence-corrected chi connectivity index (χ2v) is 8.29. The van der Waals surface area contributed by atoms with E-state index in [9.17, 15) is 14.4 Å². The molecular formula is C20H33N3O4. The quantitative estimate of drug-likeness (QED) is 0.710. The Labute approximate surface area is 162 Å². The number of hydrogen-bond acceptors (Lipinski definition) is 4. The summed E-state index contributed by atoms with van der Waals surface area (Å²) >= 11 is 0. The van der Waals surface area contributed by atoms with Crippen LogP contribution < -0.4 is 0 Å². The molecule has 152 valence electrons. The molecule has 0 saturated carbocycles. The first-order valence-corrected chi connectivity index (χ1v) is 10.5. The summed E-state index contributed by atoms with van der Waals surface area (Å²) < 4.78 is 5.76. The van der Waals surface area contributed by atoms with E-state index in [0.717, 1.165) is 32.2 Å². The summed E-state index contributed by atoms with van der Waals surface area (Å²) in [6.07, 6.45) is 6.20. The molecule has 1 spiro atoms. The molecule has 0 N–H and O–H groups in total. The summed E-state index contributed by atoms with van der Waals surface area (Å²) in [5.41, 5.74) is -0.432. The van der Waals surface area contributed by atoms with E-state index in [1.807, 2.05) is 14.7 Å². The van der Waals surface area contributed by atoms with Gasteiger partial charge in [-0.1, -0.05) is 13.3 Å². The minimum atomic E-state index is -0.432. The van der Waals surface area contributed by atoms with Crippen molar-refractivity contribution in [2.75, 3.05) is 32.7 Å². The normalized spacial score (nSPS) is 23.7. The van der Waals surface area contributed by atoms with Crippen molar-refractivity contribution in [2.24, 2.45) is 0 Å². The van der Waals surface area contributed by atoms with E-state index < -0.39 is 5.60 Å². The first kappa shape index (κ1) is 20.0. The van der Waals surface area contributed by atoms with Gasteiger partial charge in [0.2, 0.25) is 11.8 Å². The molecule has 0 bridgehead atoms. The SMILES string of the molecule is CCC[C@@H](C)N1CC2(CCN(C(=O)CCN3CCCCC3=O)CC2)OC1=O. The molecule has 27 heavy (non-hydrogen) atoms. The molecule has 0 aromatic carbocycles. The van der Waals surface area contributed by atoms with Crippen LogP contribution >= 0.6 is 0 Å². The van der Waals surface area contributed by atoms with Crippen molar-refractivity contribution >= 4 is 17.9 Å². The summed E-state index contributed by atoms with van der Waals surface area (Å²) in [5.74, 6) is 0.273.